The molecule has 0 saturated carbocycles. The molecule has 3 aromatic rings. The Morgan fingerprint density at radius 3 is 2.59 bits per heavy atom. The lowest BCUT2D eigenvalue weighted by molar-refractivity contribution is 0.0976. The van der Waals surface area contributed by atoms with Crippen molar-refractivity contribution in [1.29, 1.82) is 0 Å². The van der Waals surface area contributed by atoms with Gasteiger partial charge in [-0.2, -0.15) is 5.10 Å². The highest BCUT2D eigenvalue weighted by molar-refractivity contribution is 6.10. The SMILES string of the molecule is CCn1nc(C)c(CN=C(NC(=O)c2ccc(F)c(F)c2)Nc2cccc(OC)c2)c1C. The fraction of sp³-hybridized carbons (Fsp3) is 0.261. The van der Waals surface area contributed by atoms with Crippen molar-refractivity contribution in [2.24, 2.45) is 4.99 Å². The lowest BCUT2D eigenvalue weighted by Gasteiger charge is -2.13. The molecular weight excluding hydrogens is 416 g/mol. The van der Waals surface area contributed by atoms with Crippen molar-refractivity contribution in [2.45, 2.75) is 33.9 Å². The zero-order chi connectivity index (χ0) is 23.3. The number of guanidine groups is 1. The van der Waals surface area contributed by atoms with Crippen molar-refractivity contribution in [3.8, 4) is 5.75 Å². The van der Waals surface area contributed by atoms with Gasteiger partial charge in [0.05, 0.1) is 19.3 Å². The van der Waals surface area contributed by atoms with Crippen molar-refractivity contribution in [1.82, 2.24) is 15.1 Å². The van der Waals surface area contributed by atoms with Crippen LogP contribution in [0.4, 0.5) is 14.5 Å². The van der Waals surface area contributed by atoms with E-state index in [1.807, 2.05) is 25.5 Å². The van der Waals surface area contributed by atoms with Gasteiger partial charge in [0, 0.05) is 35.1 Å². The Morgan fingerprint density at radius 2 is 1.94 bits per heavy atom. The fourth-order valence-corrected chi connectivity index (χ4v) is 3.19. The molecule has 1 heterocycles. The van der Waals surface area contributed by atoms with Gasteiger partial charge in [-0.3, -0.25) is 14.8 Å². The Hall–Kier alpha value is -3.75. The van der Waals surface area contributed by atoms with Crippen LogP contribution in [0.5, 0.6) is 5.75 Å². The number of nitrogens with one attached hydrogen (secondary N) is 2. The van der Waals surface area contributed by atoms with E-state index in [4.69, 9.17) is 4.74 Å². The molecule has 2 N–H and O–H groups in total. The third-order valence-corrected chi connectivity index (χ3v) is 4.97. The smallest absolute Gasteiger partial charge is 0.258 e. The Labute approximate surface area is 185 Å². The van der Waals surface area contributed by atoms with Gasteiger partial charge >= 0.3 is 0 Å². The summed E-state index contributed by atoms with van der Waals surface area (Å²) in [4.78, 5) is 17.2. The topological polar surface area (TPSA) is 80.5 Å². The molecule has 0 radical (unpaired) electrons. The number of halogens is 2. The number of nitrogens with zero attached hydrogens (tertiary/aromatic N) is 3. The second kappa shape index (κ2) is 10.0. The summed E-state index contributed by atoms with van der Waals surface area (Å²) < 4.78 is 33.9. The molecule has 2 aromatic carbocycles. The van der Waals surface area contributed by atoms with Crippen molar-refractivity contribution in [2.75, 3.05) is 12.4 Å². The average Bonchev–Trinajstić information content (AvgIpc) is 3.06. The predicted molar refractivity (Wildman–Crippen MR) is 119 cm³/mol. The number of aryl methyl sites for hydroxylation is 2. The summed E-state index contributed by atoms with van der Waals surface area (Å²) in [6, 6.07) is 10.0. The molecule has 7 nitrogen and oxygen atoms in total. The minimum Gasteiger partial charge on any atom is -0.497 e. The summed E-state index contributed by atoms with van der Waals surface area (Å²) in [6.07, 6.45) is 0. The van der Waals surface area contributed by atoms with Crippen LogP contribution >= 0.6 is 0 Å². The summed E-state index contributed by atoms with van der Waals surface area (Å²) in [5.74, 6) is -1.98. The van der Waals surface area contributed by atoms with Crippen molar-refractivity contribution in [3.63, 3.8) is 0 Å². The van der Waals surface area contributed by atoms with E-state index >= 15 is 0 Å². The fourth-order valence-electron chi connectivity index (χ4n) is 3.19. The molecule has 168 valence electrons. The number of amides is 1. The molecule has 0 atom stereocenters. The molecule has 0 aliphatic rings. The van der Waals surface area contributed by atoms with Crippen LogP contribution in [0.25, 0.3) is 0 Å². The predicted octanol–water partition coefficient (Wildman–Crippen LogP) is 4.20. The van der Waals surface area contributed by atoms with E-state index in [0.29, 0.717) is 11.4 Å². The number of hydrogen-bond acceptors (Lipinski definition) is 4. The molecule has 0 unspecified atom stereocenters. The van der Waals surface area contributed by atoms with E-state index in [-0.39, 0.29) is 18.1 Å². The second-order valence-corrected chi connectivity index (χ2v) is 7.07. The zero-order valence-electron chi connectivity index (χ0n) is 18.4. The molecule has 1 amide bonds. The number of ether oxygens (including phenoxy) is 1. The van der Waals surface area contributed by atoms with Crippen LogP contribution in [-0.2, 0) is 13.1 Å². The zero-order valence-corrected chi connectivity index (χ0v) is 18.4. The van der Waals surface area contributed by atoms with Crippen molar-refractivity contribution < 1.29 is 18.3 Å². The van der Waals surface area contributed by atoms with E-state index in [1.165, 1.54) is 6.07 Å². The molecule has 0 bridgehead atoms. The van der Waals surface area contributed by atoms with Crippen LogP contribution in [0.1, 0.15) is 34.2 Å². The first-order chi connectivity index (χ1) is 15.3. The molecule has 1 aromatic heterocycles. The molecule has 9 heteroatoms. The van der Waals surface area contributed by atoms with E-state index < -0.39 is 17.5 Å². The van der Waals surface area contributed by atoms with Gasteiger partial charge in [-0.15, -0.1) is 0 Å². The number of aromatic nitrogens is 2. The first-order valence-electron chi connectivity index (χ1n) is 10.1. The molecule has 0 aliphatic heterocycles. The quantitative estimate of drug-likeness (QED) is 0.444. The molecular formula is C23H25F2N5O2. The van der Waals surface area contributed by atoms with Gasteiger partial charge in [-0.05, 0) is 51.1 Å². The summed E-state index contributed by atoms with van der Waals surface area (Å²) in [7, 11) is 1.55. The molecule has 32 heavy (non-hydrogen) atoms. The minimum absolute atomic E-state index is 0.0322. The first-order valence-corrected chi connectivity index (χ1v) is 10.1. The Balaban J connectivity index is 1.89. The number of carbonyl (C=O) groups is 1. The van der Waals surface area contributed by atoms with Crippen LogP contribution < -0.4 is 15.4 Å². The van der Waals surface area contributed by atoms with E-state index in [9.17, 15) is 13.6 Å². The molecule has 0 aliphatic carbocycles. The first kappa shape index (κ1) is 22.9. The van der Waals surface area contributed by atoms with E-state index in [1.54, 1.807) is 31.4 Å². The second-order valence-electron chi connectivity index (χ2n) is 7.07. The average molecular weight is 441 g/mol. The number of hydrogen-bond donors (Lipinski definition) is 2. The Kier molecular flexibility index (Phi) is 7.19. The number of aliphatic imine (C=N–C) groups is 1. The lowest BCUT2D eigenvalue weighted by atomic mass is 10.2. The van der Waals surface area contributed by atoms with Crippen LogP contribution in [0.15, 0.2) is 47.5 Å². The maximum absolute atomic E-state index is 13.6. The Bertz CT molecular complexity index is 1160. The van der Waals surface area contributed by atoms with Crippen molar-refractivity contribution in [3.05, 3.63) is 76.6 Å². The van der Waals surface area contributed by atoms with Gasteiger partial charge in [-0.25, -0.2) is 13.8 Å². The van der Waals surface area contributed by atoms with Crippen LogP contribution in [0, 0.1) is 25.5 Å². The minimum atomic E-state index is -1.10. The Morgan fingerprint density at radius 1 is 1.16 bits per heavy atom. The molecule has 3 rings (SSSR count). The van der Waals surface area contributed by atoms with Gasteiger partial charge in [0.2, 0.25) is 5.96 Å². The van der Waals surface area contributed by atoms with Gasteiger partial charge in [-0.1, -0.05) is 6.07 Å². The number of rotatable bonds is 6. The largest absolute Gasteiger partial charge is 0.497 e. The standard InChI is InChI=1S/C23H25F2N5O2/c1-5-30-15(3)19(14(2)29-30)13-26-23(27-17-7-6-8-18(12-17)32-4)28-22(31)16-9-10-20(24)21(25)11-16/h6-12H,5,13H2,1-4H3,(H2,26,27,28,31). The summed E-state index contributed by atoms with van der Waals surface area (Å²) in [5.41, 5.74) is 3.38. The summed E-state index contributed by atoms with van der Waals surface area (Å²) >= 11 is 0. The maximum Gasteiger partial charge on any atom is 0.258 e. The van der Waals surface area contributed by atoms with Gasteiger partial charge in [0.15, 0.2) is 11.6 Å². The number of methoxy groups -OCH3 is 1. The van der Waals surface area contributed by atoms with Gasteiger partial charge < -0.3 is 10.1 Å². The monoisotopic (exact) mass is 441 g/mol. The number of carbonyl (C=O) groups excluding carboxylic acids is 1. The van der Waals surface area contributed by atoms with Crippen LogP contribution in [0.3, 0.4) is 0 Å². The highest BCUT2D eigenvalue weighted by Crippen LogP contribution is 2.18. The van der Waals surface area contributed by atoms with Gasteiger partial charge in [0.1, 0.15) is 5.75 Å². The normalized spacial score (nSPS) is 11.4. The highest BCUT2D eigenvalue weighted by atomic mass is 19.2. The molecule has 0 spiro atoms. The van der Waals surface area contributed by atoms with Crippen LogP contribution in [0.2, 0.25) is 0 Å². The third-order valence-electron chi connectivity index (χ3n) is 4.97. The molecule has 0 saturated heterocycles. The number of benzene rings is 2. The van der Waals surface area contributed by atoms with E-state index in [0.717, 1.165) is 35.6 Å². The van der Waals surface area contributed by atoms with Crippen molar-refractivity contribution >= 4 is 17.6 Å². The van der Waals surface area contributed by atoms with Crippen LogP contribution in [-0.4, -0.2) is 28.8 Å². The maximum atomic E-state index is 13.6. The lowest BCUT2D eigenvalue weighted by Crippen LogP contribution is -2.36. The van der Waals surface area contributed by atoms with E-state index in [2.05, 4.69) is 20.7 Å². The third kappa shape index (κ3) is 5.29. The summed E-state index contributed by atoms with van der Waals surface area (Å²) in [5, 5.41) is 10.2. The highest BCUT2D eigenvalue weighted by Gasteiger charge is 2.14. The number of anilines is 1. The summed E-state index contributed by atoms with van der Waals surface area (Å²) in [6.45, 7) is 6.87. The molecule has 0 fully saturated rings. The van der Waals surface area contributed by atoms with Gasteiger partial charge in [0.25, 0.3) is 5.91 Å².